The first-order chi connectivity index (χ1) is 8.36. The van der Waals surface area contributed by atoms with Gasteiger partial charge in [0.05, 0.1) is 0 Å². The monoisotopic (exact) mass is 293 g/mol. The van der Waals surface area contributed by atoms with Crippen LogP contribution < -0.4 is 0 Å². The first kappa shape index (κ1) is 11.7. The zero-order chi connectivity index (χ0) is 11.7. The Morgan fingerprint density at radius 3 is 2.71 bits per heavy atom. The summed E-state index contributed by atoms with van der Waals surface area (Å²) in [7, 11) is 0. The van der Waals surface area contributed by atoms with Gasteiger partial charge in [0, 0.05) is 16.6 Å². The van der Waals surface area contributed by atoms with Crippen LogP contribution in [0.4, 0.5) is 0 Å². The summed E-state index contributed by atoms with van der Waals surface area (Å²) in [4.78, 5) is 2.77. The maximum absolute atomic E-state index is 3.72. The summed E-state index contributed by atoms with van der Waals surface area (Å²) in [6.45, 7) is 1.30. The summed E-state index contributed by atoms with van der Waals surface area (Å²) in [5.41, 5.74) is 1.50. The molecule has 2 atom stereocenters. The first-order valence-corrected chi connectivity index (χ1v) is 7.66. The number of hydrogen-bond acceptors (Lipinski definition) is 1. The molecule has 0 aliphatic carbocycles. The van der Waals surface area contributed by atoms with E-state index in [9.17, 15) is 0 Å². The molecule has 2 saturated heterocycles. The van der Waals surface area contributed by atoms with Gasteiger partial charge in [0.15, 0.2) is 0 Å². The van der Waals surface area contributed by atoms with Crippen molar-refractivity contribution in [2.24, 2.45) is 0 Å². The van der Waals surface area contributed by atoms with Crippen molar-refractivity contribution >= 4 is 15.9 Å². The van der Waals surface area contributed by atoms with Crippen molar-refractivity contribution in [2.45, 2.75) is 50.6 Å². The number of benzene rings is 1. The number of fused-ring (bicyclic) bond motifs is 1. The smallest absolute Gasteiger partial charge is 0.0362 e. The Bertz CT molecular complexity index is 388. The molecule has 2 aliphatic heterocycles. The highest BCUT2D eigenvalue weighted by molar-refractivity contribution is 9.10. The minimum atomic E-state index is 0.657. The third-order valence-electron chi connectivity index (χ3n) is 4.35. The van der Waals surface area contributed by atoms with Crippen LogP contribution in [0, 0.1) is 0 Å². The Balaban J connectivity index is 1.88. The Labute approximate surface area is 112 Å². The second kappa shape index (κ2) is 5.11. The number of nitrogens with zero attached hydrogens (tertiary/aromatic N) is 1. The van der Waals surface area contributed by atoms with E-state index in [4.69, 9.17) is 0 Å². The highest BCUT2D eigenvalue weighted by Gasteiger charge is 2.33. The average molecular weight is 294 g/mol. The summed E-state index contributed by atoms with van der Waals surface area (Å²) < 4.78 is 1.29. The molecule has 1 aromatic carbocycles. The third kappa shape index (κ3) is 2.30. The molecule has 0 saturated carbocycles. The van der Waals surface area contributed by atoms with Gasteiger partial charge in [-0.2, -0.15) is 0 Å². The molecule has 2 aliphatic rings. The largest absolute Gasteiger partial charge is 0.293 e. The predicted octanol–water partition coefficient (Wildman–Crippen LogP) is 4.53. The van der Waals surface area contributed by atoms with Gasteiger partial charge < -0.3 is 0 Å². The lowest BCUT2D eigenvalue weighted by molar-refractivity contribution is 0.0515. The van der Waals surface area contributed by atoms with E-state index in [-0.39, 0.29) is 0 Å². The molecule has 0 radical (unpaired) electrons. The summed E-state index contributed by atoms with van der Waals surface area (Å²) >= 11 is 3.72. The van der Waals surface area contributed by atoms with Crippen LogP contribution in [0.3, 0.4) is 0 Å². The molecule has 1 aromatic rings. The van der Waals surface area contributed by atoms with Crippen molar-refractivity contribution < 1.29 is 0 Å². The molecule has 0 bridgehead atoms. The van der Waals surface area contributed by atoms with E-state index in [0.717, 1.165) is 6.04 Å². The SMILES string of the molecule is Brc1ccccc1[C@H]1CCC[C@H]2CCCCN21. The number of halogens is 1. The number of hydrogen-bond donors (Lipinski definition) is 0. The number of piperidine rings is 2. The van der Waals surface area contributed by atoms with E-state index in [1.807, 2.05) is 0 Å². The molecular formula is C15H20BrN. The molecule has 1 nitrogen and oxygen atoms in total. The maximum atomic E-state index is 3.72. The molecule has 3 rings (SSSR count). The predicted molar refractivity (Wildman–Crippen MR) is 75.1 cm³/mol. The van der Waals surface area contributed by atoms with Crippen LogP contribution in [0.1, 0.15) is 50.1 Å². The van der Waals surface area contributed by atoms with Crippen molar-refractivity contribution in [1.82, 2.24) is 4.90 Å². The van der Waals surface area contributed by atoms with Gasteiger partial charge in [-0.1, -0.05) is 40.5 Å². The van der Waals surface area contributed by atoms with E-state index < -0.39 is 0 Å². The zero-order valence-corrected chi connectivity index (χ0v) is 11.8. The highest BCUT2D eigenvalue weighted by atomic mass is 79.9. The Hall–Kier alpha value is -0.340. The maximum Gasteiger partial charge on any atom is 0.0362 e. The fourth-order valence-electron chi connectivity index (χ4n) is 3.54. The molecule has 92 valence electrons. The standard InChI is InChI=1S/C15H20BrN/c16-14-9-2-1-8-13(14)15-10-5-7-12-6-3-4-11-17(12)15/h1-2,8-9,12,15H,3-7,10-11H2/t12-,15-/m1/s1. The van der Waals surface area contributed by atoms with Crippen molar-refractivity contribution in [2.75, 3.05) is 6.54 Å². The van der Waals surface area contributed by atoms with Crippen LogP contribution in [0.15, 0.2) is 28.7 Å². The summed E-state index contributed by atoms with van der Waals surface area (Å²) in [5.74, 6) is 0. The average Bonchev–Trinajstić information content (AvgIpc) is 2.39. The van der Waals surface area contributed by atoms with Crippen molar-refractivity contribution in [1.29, 1.82) is 0 Å². The molecule has 0 N–H and O–H groups in total. The Morgan fingerprint density at radius 2 is 1.82 bits per heavy atom. The van der Waals surface area contributed by atoms with Gasteiger partial charge in [-0.05, 0) is 50.3 Å². The quantitative estimate of drug-likeness (QED) is 0.735. The van der Waals surface area contributed by atoms with Crippen molar-refractivity contribution in [3.63, 3.8) is 0 Å². The van der Waals surface area contributed by atoms with Crippen LogP contribution in [-0.4, -0.2) is 17.5 Å². The normalized spacial score (nSPS) is 29.9. The van der Waals surface area contributed by atoms with Crippen LogP contribution in [0.2, 0.25) is 0 Å². The first-order valence-electron chi connectivity index (χ1n) is 6.86. The Kier molecular flexibility index (Phi) is 3.53. The fourth-order valence-corrected chi connectivity index (χ4v) is 4.08. The van der Waals surface area contributed by atoms with Gasteiger partial charge >= 0.3 is 0 Å². The fraction of sp³-hybridized carbons (Fsp3) is 0.600. The lowest BCUT2D eigenvalue weighted by Gasteiger charge is -2.45. The molecule has 0 unspecified atom stereocenters. The van der Waals surface area contributed by atoms with Crippen LogP contribution in [-0.2, 0) is 0 Å². The highest BCUT2D eigenvalue weighted by Crippen LogP contribution is 2.40. The summed E-state index contributed by atoms with van der Waals surface area (Å²) in [6.07, 6.45) is 8.38. The van der Waals surface area contributed by atoms with E-state index in [1.165, 1.54) is 55.1 Å². The Morgan fingerprint density at radius 1 is 1.00 bits per heavy atom. The van der Waals surface area contributed by atoms with E-state index in [2.05, 4.69) is 45.1 Å². The molecular weight excluding hydrogens is 274 g/mol. The summed E-state index contributed by atoms with van der Waals surface area (Å²) in [6, 6.07) is 10.3. The van der Waals surface area contributed by atoms with Gasteiger partial charge in [0.25, 0.3) is 0 Å². The molecule has 2 heterocycles. The molecule has 0 amide bonds. The van der Waals surface area contributed by atoms with Crippen LogP contribution >= 0.6 is 15.9 Å². The summed E-state index contributed by atoms with van der Waals surface area (Å²) in [5, 5.41) is 0. The van der Waals surface area contributed by atoms with Crippen LogP contribution in [0.5, 0.6) is 0 Å². The van der Waals surface area contributed by atoms with Gasteiger partial charge in [0.1, 0.15) is 0 Å². The van der Waals surface area contributed by atoms with Gasteiger partial charge in [-0.15, -0.1) is 0 Å². The molecule has 2 fully saturated rings. The van der Waals surface area contributed by atoms with Crippen molar-refractivity contribution in [3.8, 4) is 0 Å². The van der Waals surface area contributed by atoms with Crippen LogP contribution in [0.25, 0.3) is 0 Å². The molecule has 17 heavy (non-hydrogen) atoms. The zero-order valence-electron chi connectivity index (χ0n) is 10.2. The third-order valence-corrected chi connectivity index (χ3v) is 5.07. The van der Waals surface area contributed by atoms with E-state index >= 15 is 0 Å². The van der Waals surface area contributed by atoms with E-state index in [1.54, 1.807) is 0 Å². The molecule has 2 heteroatoms. The lowest BCUT2D eigenvalue weighted by Crippen LogP contribution is -2.44. The second-order valence-corrected chi connectivity index (χ2v) is 6.21. The second-order valence-electron chi connectivity index (χ2n) is 5.36. The molecule has 0 spiro atoms. The lowest BCUT2D eigenvalue weighted by atomic mass is 9.86. The van der Waals surface area contributed by atoms with Crippen molar-refractivity contribution in [3.05, 3.63) is 34.3 Å². The van der Waals surface area contributed by atoms with Gasteiger partial charge in [-0.3, -0.25) is 4.90 Å². The van der Waals surface area contributed by atoms with E-state index in [0.29, 0.717) is 6.04 Å². The number of rotatable bonds is 1. The van der Waals surface area contributed by atoms with Gasteiger partial charge in [0.2, 0.25) is 0 Å². The molecule has 0 aromatic heterocycles. The minimum absolute atomic E-state index is 0.657. The topological polar surface area (TPSA) is 3.24 Å². The minimum Gasteiger partial charge on any atom is -0.293 e. The van der Waals surface area contributed by atoms with Gasteiger partial charge in [-0.25, -0.2) is 0 Å².